The Morgan fingerprint density at radius 3 is 2.52 bits per heavy atom. The molecule has 6 heteroatoms. The van der Waals surface area contributed by atoms with Gasteiger partial charge in [-0.25, -0.2) is 4.79 Å². The number of carbonyl (C=O) groups is 1. The number of nitrogens with one attached hydrogen (secondary N) is 2. The van der Waals surface area contributed by atoms with E-state index < -0.39 is 11.7 Å². The summed E-state index contributed by atoms with van der Waals surface area (Å²) in [5.74, 6) is 0.964. The van der Waals surface area contributed by atoms with Gasteiger partial charge in [-0.1, -0.05) is 6.92 Å². The van der Waals surface area contributed by atoms with Crippen molar-refractivity contribution < 1.29 is 19.0 Å². The topological polar surface area (TPSA) is 68.8 Å². The number of ether oxygens (including phenoxy) is 3. The molecule has 1 aromatic rings. The molecule has 23 heavy (non-hydrogen) atoms. The lowest BCUT2D eigenvalue weighted by Gasteiger charge is -2.20. The maximum absolute atomic E-state index is 11.8. The van der Waals surface area contributed by atoms with Crippen LogP contribution in [0.5, 0.6) is 5.75 Å². The SMILES string of the molecule is COCC(C)CNc1ccc(NC(=O)OC(C)(C)C)c(OC)c1. The lowest BCUT2D eigenvalue weighted by Crippen LogP contribution is -2.27. The van der Waals surface area contributed by atoms with E-state index in [0.29, 0.717) is 24.0 Å². The molecule has 1 amide bonds. The second-order valence-corrected chi connectivity index (χ2v) is 6.48. The van der Waals surface area contributed by atoms with Gasteiger partial charge in [-0.3, -0.25) is 5.32 Å². The van der Waals surface area contributed by atoms with Crippen LogP contribution in [0.15, 0.2) is 18.2 Å². The van der Waals surface area contributed by atoms with Crippen LogP contribution < -0.4 is 15.4 Å². The number of hydrogen-bond donors (Lipinski definition) is 2. The van der Waals surface area contributed by atoms with Crippen molar-refractivity contribution in [1.82, 2.24) is 0 Å². The van der Waals surface area contributed by atoms with Crippen molar-refractivity contribution in [3.05, 3.63) is 18.2 Å². The molecule has 0 aromatic heterocycles. The summed E-state index contributed by atoms with van der Waals surface area (Å²) in [6.45, 7) is 9.04. The first kappa shape index (κ1) is 19.1. The minimum atomic E-state index is -0.545. The zero-order valence-electron chi connectivity index (χ0n) is 14.9. The van der Waals surface area contributed by atoms with Crippen molar-refractivity contribution in [2.45, 2.75) is 33.3 Å². The maximum Gasteiger partial charge on any atom is 0.412 e. The highest BCUT2D eigenvalue weighted by atomic mass is 16.6. The Kier molecular flexibility index (Phi) is 7.16. The Bertz CT molecular complexity index is 512. The fourth-order valence-electron chi connectivity index (χ4n) is 1.95. The predicted octanol–water partition coefficient (Wildman–Crippen LogP) is 3.74. The molecule has 0 aliphatic rings. The molecule has 0 fully saturated rings. The highest BCUT2D eigenvalue weighted by molar-refractivity contribution is 5.87. The number of rotatable bonds is 7. The smallest absolute Gasteiger partial charge is 0.412 e. The van der Waals surface area contributed by atoms with Crippen molar-refractivity contribution in [3.63, 3.8) is 0 Å². The monoisotopic (exact) mass is 324 g/mol. The summed E-state index contributed by atoms with van der Waals surface area (Å²) in [4.78, 5) is 11.8. The maximum atomic E-state index is 11.8. The van der Waals surface area contributed by atoms with Gasteiger partial charge in [0.05, 0.1) is 19.4 Å². The lowest BCUT2D eigenvalue weighted by atomic mass is 10.2. The molecular weight excluding hydrogens is 296 g/mol. The molecule has 1 unspecified atom stereocenters. The highest BCUT2D eigenvalue weighted by Crippen LogP contribution is 2.28. The first-order chi connectivity index (χ1) is 10.7. The van der Waals surface area contributed by atoms with Crippen molar-refractivity contribution in [3.8, 4) is 5.75 Å². The molecule has 1 rings (SSSR count). The fourth-order valence-corrected chi connectivity index (χ4v) is 1.95. The molecule has 0 spiro atoms. The zero-order valence-corrected chi connectivity index (χ0v) is 14.9. The largest absolute Gasteiger partial charge is 0.494 e. The van der Waals surface area contributed by atoms with Gasteiger partial charge in [-0.2, -0.15) is 0 Å². The van der Waals surface area contributed by atoms with E-state index in [-0.39, 0.29) is 0 Å². The molecule has 0 heterocycles. The van der Waals surface area contributed by atoms with Gasteiger partial charge in [0.1, 0.15) is 11.4 Å². The second kappa shape index (κ2) is 8.62. The van der Waals surface area contributed by atoms with Crippen LogP contribution in [0.25, 0.3) is 0 Å². The van der Waals surface area contributed by atoms with Crippen molar-refractivity contribution in [2.24, 2.45) is 5.92 Å². The summed E-state index contributed by atoms with van der Waals surface area (Å²) in [7, 11) is 3.25. The molecule has 2 N–H and O–H groups in total. The Morgan fingerprint density at radius 1 is 1.26 bits per heavy atom. The highest BCUT2D eigenvalue weighted by Gasteiger charge is 2.17. The average Bonchev–Trinajstić information content (AvgIpc) is 2.44. The van der Waals surface area contributed by atoms with Gasteiger partial charge in [0.2, 0.25) is 0 Å². The number of anilines is 2. The van der Waals surface area contributed by atoms with E-state index in [1.807, 2.05) is 32.9 Å². The van der Waals surface area contributed by atoms with Crippen LogP contribution in [0, 0.1) is 5.92 Å². The number of benzene rings is 1. The molecule has 0 saturated carbocycles. The zero-order chi connectivity index (χ0) is 17.5. The number of amides is 1. The van der Waals surface area contributed by atoms with Gasteiger partial charge in [0.25, 0.3) is 0 Å². The van der Waals surface area contributed by atoms with Crippen molar-refractivity contribution in [1.29, 1.82) is 0 Å². The van der Waals surface area contributed by atoms with E-state index in [4.69, 9.17) is 14.2 Å². The lowest BCUT2D eigenvalue weighted by molar-refractivity contribution is 0.0635. The predicted molar refractivity (Wildman–Crippen MR) is 92.4 cm³/mol. The molecule has 6 nitrogen and oxygen atoms in total. The van der Waals surface area contributed by atoms with E-state index >= 15 is 0 Å². The number of methoxy groups -OCH3 is 2. The van der Waals surface area contributed by atoms with E-state index in [9.17, 15) is 4.79 Å². The molecule has 0 aliphatic heterocycles. The average molecular weight is 324 g/mol. The summed E-state index contributed by atoms with van der Waals surface area (Å²) in [5.41, 5.74) is 0.938. The first-order valence-corrected chi connectivity index (χ1v) is 7.66. The Balaban J connectivity index is 2.70. The van der Waals surface area contributed by atoms with Gasteiger partial charge < -0.3 is 19.5 Å². The third-order valence-corrected chi connectivity index (χ3v) is 2.94. The van der Waals surface area contributed by atoms with E-state index in [0.717, 1.165) is 12.2 Å². The van der Waals surface area contributed by atoms with Crippen LogP contribution in [0.3, 0.4) is 0 Å². The molecule has 130 valence electrons. The van der Waals surface area contributed by atoms with Crippen LogP contribution in [-0.4, -0.2) is 39.1 Å². The molecular formula is C17H28N2O4. The van der Waals surface area contributed by atoms with Gasteiger partial charge in [-0.15, -0.1) is 0 Å². The quantitative estimate of drug-likeness (QED) is 0.799. The van der Waals surface area contributed by atoms with Gasteiger partial charge in [0, 0.05) is 25.4 Å². The first-order valence-electron chi connectivity index (χ1n) is 7.66. The van der Waals surface area contributed by atoms with E-state index in [1.54, 1.807) is 20.3 Å². The Hall–Kier alpha value is -1.95. The summed E-state index contributed by atoms with van der Waals surface area (Å²) >= 11 is 0. The normalized spacial score (nSPS) is 12.4. The number of carbonyl (C=O) groups excluding carboxylic acids is 1. The Morgan fingerprint density at radius 2 is 1.96 bits per heavy atom. The van der Waals surface area contributed by atoms with Gasteiger partial charge in [0.15, 0.2) is 0 Å². The third kappa shape index (κ3) is 7.23. The van der Waals surface area contributed by atoms with Crippen LogP contribution in [0.4, 0.5) is 16.2 Å². The molecule has 0 bridgehead atoms. The third-order valence-electron chi connectivity index (χ3n) is 2.94. The molecule has 1 atom stereocenters. The van der Waals surface area contributed by atoms with Crippen LogP contribution in [0.2, 0.25) is 0 Å². The van der Waals surface area contributed by atoms with Crippen LogP contribution in [0.1, 0.15) is 27.7 Å². The molecule has 0 saturated heterocycles. The summed E-state index contributed by atoms with van der Waals surface area (Å²) in [6, 6.07) is 5.51. The van der Waals surface area contributed by atoms with Crippen LogP contribution in [-0.2, 0) is 9.47 Å². The van der Waals surface area contributed by atoms with Gasteiger partial charge in [-0.05, 0) is 38.8 Å². The van der Waals surface area contributed by atoms with E-state index in [1.165, 1.54) is 0 Å². The minimum absolute atomic E-state index is 0.394. The summed E-state index contributed by atoms with van der Waals surface area (Å²) in [6.07, 6.45) is -0.509. The van der Waals surface area contributed by atoms with Crippen molar-refractivity contribution in [2.75, 3.05) is 38.0 Å². The summed E-state index contributed by atoms with van der Waals surface area (Å²) < 4.78 is 15.7. The molecule has 0 radical (unpaired) electrons. The Labute approximate surface area is 138 Å². The summed E-state index contributed by atoms with van der Waals surface area (Å²) in [5, 5.41) is 6.02. The fraction of sp³-hybridized carbons (Fsp3) is 0.588. The minimum Gasteiger partial charge on any atom is -0.494 e. The number of hydrogen-bond acceptors (Lipinski definition) is 5. The van der Waals surface area contributed by atoms with E-state index in [2.05, 4.69) is 17.6 Å². The van der Waals surface area contributed by atoms with Gasteiger partial charge >= 0.3 is 6.09 Å². The second-order valence-electron chi connectivity index (χ2n) is 6.48. The van der Waals surface area contributed by atoms with Crippen LogP contribution >= 0.6 is 0 Å². The molecule has 0 aliphatic carbocycles. The van der Waals surface area contributed by atoms with Crippen molar-refractivity contribution >= 4 is 17.5 Å². The standard InChI is InChI=1S/C17H28N2O4/c1-12(11-21-5)10-18-13-7-8-14(15(9-13)22-6)19-16(20)23-17(2,3)4/h7-9,12,18H,10-11H2,1-6H3,(H,19,20). The molecule has 1 aromatic carbocycles.